The quantitative estimate of drug-likeness (QED) is 0.809. The van der Waals surface area contributed by atoms with Gasteiger partial charge in [-0.25, -0.2) is 13.4 Å². The Morgan fingerprint density at radius 3 is 2.76 bits per heavy atom. The van der Waals surface area contributed by atoms with Gasteiger partial charge in [0.05, 0.1) is 0 Å². The van der Waals surface area contributed by atoms with Gasteiger partial charge in [0.1, 0.15) is 5.82 Å². The molecule has 0 aliphatic carbocycles. The van der Waals surface area contributed by atoms with Crippen LogP contribution in [0.4, 0.5) is 0 Å². The summed E-state index contributed by atoms with van der Waals surface area (Å²) in [5.74, 6) is 0.696. The van der Waals surface area contributed by atoms with Crippen LogP contribution in [0, 0.1) is 6.92 Å². The molecule has 17 heavy (non-hydrogen) atoms. The molecule has 96 valence electrons. The van der Waals surface area contributed by atoms with E-state index in [9.17, 15) is 8.42 Å². The Morgan fingerprint density at radius 2 is 2.29 bits per heavy atom. The lowest BCUT2D eigenvalue weighted by molar-refractivity contribution is 0.386. The van der Waals surface area contributed by atoms with Crippen molar-refractivity contribution in [3.63, 3.8) is 0 Å². The molecule has 0 aromatic carbocycles. The molecule has 1 aliphatic rings. The second-order valence-electron chi connectivity index (χ2n) is 4.41. The number of aryl methyl sites for hydroxylation is 2. The minimum absolute atomic E-state index is 0.0299. The van der Waals surface area contributed by atoms with E-state index in [2.05, 4.69) is 10.3 Å². The van der Waals surface area contributed by atoms with E-state index in [1.54, 1.807) is 31.8 Å². The summed E-state index contributed by atoms with van der Waals surface area (Å²) in [6.07, 6.45) is 2.41. The van der Waals surface area contributed by atoms with E-state index in [4.69, 9.17) is 0 Å². The van der Waals surface area contributed by atoms with Gasteiger partial charge in [0, 0.05) is 32.9 Å². The van der Waals surface area contributed by atoms with E-state index in [1.165, 1.54) is 4.31 Å². The highest BCUT2D eigenvalue weighted by molar-refractivity contribution is 7.89. The predicted molar refractivity (Wildman–Crippen MR) is 64.2 cm³/mol. The number of nitrogens with zero attached hydrogens (tertiary/aromatic N) is 3. The summed E-state index contributed by atoms with van der Waals surface area (Å²) in [6.45, 7) is 3.36. The summed E-state index contributed by atoms with van der Waals surface area (Å²) in [5, 5.41) is 3.29. The summed E-state index contributed by atoms with van der Waals surface area (Å²) in [7, 11) is -0.0505. The van der Waals surface area contributed by atoms with Crippen LogP contribution in [0.5, 0.6) is 0 Å². The van der Waals surface area contributed by atoms with Gasteiger partial charge in [0.2, 0.25) is 0 Å². The third-order valence-corrected chi connectivity index (χ3v) is 5.06. The van der Waals surface area contributed by atoms with Gasteiger partial charge in [-0.3, -0.25) is 0 Å². The van der Waals surface area contributed by atoms with Crippen molar-refractivity contribution in [1.29, 1.82) is 0 Å². The Bertz CT molecular complexity index is 483. The summed E-state index contributed by atoms with van der Waals surface area (Å²) < 4.78 is 27.8. The second kappa shape index (κ2) is 4.40. The lowest BCUT2D eigenvalue weighted by Gasteiger charge is -2.21. The van der Waals surface area contributed by atoms with Crippen molar-refractivity contribution in [2.24, 2.45) is 7.05 Å². The molecule has 6 nitrogen and oxygen atoms in total. The monoisotopic (exact) mass is 258 g/mol. The van der Waals surface area contributed by atoms with Gasteiger partial charge in [-0.1, -0.05) is 0 Å². The average Bonchev–Trinajstić information content (AvgIpc) is 2.88. The summed E-state index contributed by atoms with van der Waals surface area (Å²) in [4.78, 5) is 4.09. The van der Waals surface area contributed by atoms with E-state index >= 15 is 0 Å². The van der Waals surface area contributed by atoms with Crippen molar-refractivity contribution in [2.45, 2.75) is 24.4 Å². The van der Waals surface area contributed by atoms with Crippen LogP contribution in [-0.2, 0) is 17.1 Å². The number of rotatable bonds is 3. The molecule has 7 heteroatoms. The van der Waals surface area contributed by atoms with Crippen molar-refractivity contribution in [3.05, 3.63) is 12.0 Å². The van der Waals surface area contributed by atoms with E-state index in [0.29, 0.717) is 12.4 Å². The molecule has 0 amide bonds. The maximum Gasteiger partial charge on any atom is 0.262 e. The summed E-state index contributed by atoms with van der Waals surface area (Å²) in [6, 6.07) is 0.0299. The number of aromatic nitrogens is 2. The second-order valence-corrected chi connectivity index (χ2v) is 6.35. The first kappa shape index (κ1) is 12.5. The third-order valence-electron chi connectivity index (χ3n) is 3.28. The fourth-order valence-electron chi connectivity index (χ4n) is 1.94. The van der Waals surface area contributed by atoms with Crippen LogP contribution >= 0.6 is 0 Å². The largest absolute Gasteiger partial charge is 0.337 e. The van der Waals surface area contributed by atoms with E-state index in [1.807, 2.05) is 0 Å². The highest BCUT2D eigenvalue weighted by Gasteiger charge is 2.31. The molecule has 1 fully saturated rings. The number of hydrogen-bond donors (Lipinski definition) is 1. The zero-order valence-corrected chi connectivity index (χ0v) is 11.2. The third kappa shape index (κ3) is 2.22. The van der Waals surface area contributed by atoms with Gasteiger partial charge in [-0.15, -0.1) is 0 Å². The number of imidazole rings is 1. The van der Waals surface area contributed by atoms with Crippen LogP contribution in [0.15, 0.2) is 11.2 Å². The van der Waals surface area contributed by atoms with Crippen LogP contribution in [0.2, 0.25) is 0 Å². The van der Waals surface area contributed by atoms with E-state index < -0.39 is 10.0 Å². The van der Waals surface area contributed by atoms with Crippen LogP contribution < -0.4 is 5.32 Å². The molecule has 0 saturated carbocycles. The van der Waals surface area contributed by atoms with Gasteiger partial charge in [-0.05, 0) is 19.9 Å². The predicted octanol–water partition coefficient (Wildman–Crippen LogP) is -0.289. The van der Waals surface area contributed by atoms with Crippen molar-refractivity contribution >= 4 is 10.0 Å². The van der Waals surface area contributed by atoms with Crippen molar-refractivity contribution in [3.8, 4) is 0 Å². The molecule has 0 unspecified atom stereocenters. The van der Waals surface area contributed by atoms with Crippen molar-refractivity contribution < 1.29 is 8.42 Å². The number of hydrogen-bond acceptors (Lipinski definition) is 4. The Morgan fingerprint density at radius 1 is 1.59 bits per heavy atom. The van der Waals surface area contributed by atoms with Crippen LogP contribution in [-0.4, -0.2) is 48.5 Å². The van der Waals surface area contributed by atoms with E-state index in [0.717, 1.165) is 13.0 Å². The first-order valence-corrected chi connectivity index (χ1v) is 7.05. The first-order chi connectivity index (χ1) is 7.93. The smallest absolute Gasteiger partial charge is 0.262 e. The topological polar surface area (TPSA) is 67.2 Å². The molecular weight excluding hydrogens is 240 g/mol. The minimum Gasteiger partial charge on any atom is -0.337 e. The van der Waals surface area contributed by atoms with Crippen LogP contribution in [0.25, 0.3) is 0 Å². The van der Waals surface area contributed by atoms with Gasteiger partial charge in [-0.2, -0.15) is 4.31 Å². The summed E-state index contributed by atoms with van der Waals surface area (Å²) >= 11 is 0. The van der Waals surface area contributed by atoms with Crippen molar-refractivity contribution in [1.82, 2.24) is 19.2 Å². The van der Waals surface area contributed by atoms with Gasteiger partial charge >= 0.3 is 0 Å². The molecule has 0 spiro atoms. The first-order valence-electron chi connectivity index (χ1n) is 5.61. The Hall–Kier alpha value is -0.920. The highest BCUT2D eigenvalue weighted by Crippen LogP contribution is 2.18. The zero-order chi connectivity index (χ0) is 12.6. The molecular formula is C10H18N4O2S. The van der Waals surface area contributed by atoms with E-state index in [-0.39, 0.29) is 11.1 Å². The molecule has 1 N–H and O–H groups in total. The number of nitrogens with one attached hydrogen (secondary N) is 1. The van der Waals surface area contributed by atoms with Crippen LogP contribution in [0.1, 0.15) is 12.2 Å². The normalized spacial score (nSPS) is 21.3. The van der Waals surface area contributed by atoms with Crippen LogP contribution in [0.3, 0.4) is 0 Å². The SMILES string of the molecule is Cc1nc(S(=O)(=O)N(C)[C@H]2CCNC2)cn1C. The van der Waals surface area contributed by atoms with Crippen molar-refractivity contribution in [2.75, 3.05) is 20.1 Å². The highest BCUT2D eigenvalue weighted by atomic mass is 32.2. The molecule has 1 atom stereocenters. The fourth-order valence-corrected chi connectivity index (χ4v) is 3.35. The Labute approximate surface area is 102 Å². The lowest BCUT2D eigenvalue weighted by Crippen LogP contribution is -2.38. The molecule has 1 aromatic rings. The Balaban J connectivity index is 2.29. The lowest BCUT2D eigenvalue weighted by atomic mass is 10.3. The Kier molecular flexibility index (Phi) is 3.24. The van der Waals surface area contributed by atoms with Gasteiger partial charge < -0.3 is 9.88 Å². The number of sulfonamides is 1. The molecule has 2 rings (SSSR count). The summed E-state index contributed by atoms with van der Waals surface area (Å²) in [5.41, 5.74) is 0. The molecule has 1 aromatic heterocycles. The van der Waals surface area contributed by atoms with Gasteiger partial charge in [0.25, 0.3) is 10.0 Å². The molecule has 1 aliphatic heterocycles. The molecule has 0 bridgehead atoms. The standard InChI is InChI=1S/C10H18N4O2S/c1-8-12-10(7-13(8)2)17(15,16)14(3)9-4-5-11-6-9/h7,9,11H,4-6H2,1-3H3/t9-/m0/s1. The number of likely N-dealkylation sites (N-methyl/N-ethyl adjacent to an activating group) is 1. The maximum atomic E-state index is 12.3. The molecule has 1 saturated heterocycles. The fraction of sp³-hybridized carbons (Fsp3) is 0.700. The minimum atomic E-state index is -3.46. The molecule has 2 heterocycles. The average molecular weight is 258 g/mol. The zero-order valence-electron chi connectivity index (χ0n) is 10.3. The van der Waals surface area contributed by atoms with Gasteiger partial charge in [0.15, 0.2) is 5.03 Å². The maximum absolute atomic E-state index is 12.3. The molecule has 0 radical (unpaired) electrons.